The van der Waals surface area contributed by atoms with Gasteiger partial charge in [-0.15, -0.1) is 13.2 Å². The summed E-state index contributed by atoms with van der Waals surface area (Å²) in [6, 6.07) is -2.88. The molecule has 12 heteroatoms. The van der Waals surface area contributed by atoms with Gasteiger partial charge in [-0.3, -0.25) is 28.8 Å². The van der Waals surface area contributed by atoms with E-state index in [4.69, 9.17) is 15.2 Å². The molecule has 0 aliphatic carbocycles. The van der Waals surface area contributed by atoms with Crippen LogP contribution in [-0.2, 0) is 38.2 Å². The SMILES string of the molecule is C=CCCC(=O)OC(C)CC(=O)N1CCC[C@H]1C(=O)N1CCC[C@H]1C(=O)NC(C(N)=O)[C@@H](C)OC(=O)CCC=C. The maximum atomic E-state index is 13.5. The van der Waals surface area contributed by atoms with Crippen LogP contribution >= 0.6 is 0 Å². The summed E-state index contributed by atoms with van der Waals surface area (Å²) in [6.07, 6.45) is 4.59. The number of nitrogens with one attached hydrogen (secondary N) is 1. The predicted octanol–water partition coefficient (Wildman–Crippen LogP) is 1.12. The van der Waals surface area contributed by atoms with Gasteiger partial charge in [-0.05, 0) is 52.4 Å². The molecular formula is C28H42N4O8. The van der Waals surface area contributed by atoms with Crippen molar-refractivity contribution in [2.24, 2.45) is 5.73 Å². The molecule has 0 aromatic carbocycles. The van der Waals surface area contributed by atoms with Gasteiger partial charge in [-0.2, -0.15) is 0 Å². The molecule has 4 amide bonds. The van der Waals surface area contributed by atoms with Crippen LogP contribution in [0.2, 0.25) is 0 Å². The van der Waals surface area contributed by atoms with Crippen molar-refractivity contribution in [3.05, 3.63) is 25.3 Å². The van der Waals surface area contributed by atoms with Gasteiger partial charge in [-0.1, -0.05) is 12.2 Å². The van der Waals surface area contributed by atoms with E-state index >= 15 is 0 Å². The number of allylic oxidation sites excluding steroid dienone is 2. The fourth-order valence-corrected chi connectivity index (χ4v) is 4.95. The molecule has 2 fully saturated rings. The zero-order valence-electron chi connectivity index (χ0n) is 23.5. The predicted molar refractivity (Wildman–Crippen MR) is 145 cm³/mol. The molecule has 2 saturated heterocycles. The van der Waals surface area contributed by atoms with Crippen molar-refractivity contribution in [1.82, 2.24) is 15.1 Å². The zero-order chi connectivity index (χ0) is 29.8. The van der Waals surface area contributed by atoms with Crippen molar-refractivity contribution in [1.29, 1.82) is 0 Å². The number of hydrogen-bond donors (Lipinski definition) is 2. The first-order valence-corrected chi connectivity index (χ1v) is 13.8. The molecule has 0 aromatic rings. The summed E-state index contributed by atoms with van der Waals surface area (Å²) in [6.45, 7) is 10.9. The summed E-state index contributed by atoms with van der Waals surface area (Å²) < 4.78 is 10.5. The van der Waals surface area contributed by atoms with E-state index in [1.165, 1.54) is 16.7 Å². The van der Waals surface area contributed by atoms with Crippen LogP contribution in [0.3, 0.4) is 0 Å². The number of primary amides is 1. The maximum absolute atomic E-state index is 13.5. The number of ether oxygens (including phenoxy) is 2. The quantitative estimate of drug-likeness (QED) is 0.221. The summed E-state index contributed by atoms with van der Waals surface area (Å²) in [5.74, 6) is -3.09. The molecule has 3 N–H and O–H groups in total. The van der Waals surface area contributed by atoms with Crippen molar-refractivity contribution in [2.45, 2.75) is 102 Å². The minimum absolute atomic E-state index is 0.0583. The first kappa shape index (κ1) is 32.5. The third-order valence-electron chi connectivity index (χ3n) is 6.99. The first-order valence-electron chi connectivity index (χ1n) is 13.8. The van der Waals surface area contributed by atoms with E-state index in [2.05, 4.69) is 18.5 Å². The van der Waals surface area contributed by atoms with Gasteiger partial charge in [0.2, 0.25) is 23.6 Å². The first-order chi connectivity index (χ1) is 19.0. The molecule has 0 bridgehead atoms. The van der Waals surface area contributed by atoms with E-state index in [9.17, 15) is 28.8 Å². The lowest BCUT2D eigenvalue weighted by Crippen LogP contribution is -2.58. The Balaban J connectivity index is 2.02. The van der Waals surface area contributed by atoms with Crippen molar-refractivity contribution < 1.29 is 38.2 Å². The van der Waals surface area contributed by atoms with Crippen LogP contribution in [0.15, 0.2) is 25.3 Å². The molecule has 0 aromatic heterocycles. The lowest BCUT2D eigenvalue weighted by molar-refractivity contribution is -0.154. The van der Waals surface area contributed by atoms with E-state index in [0.29, 0.717) is 51.6 Å². The van der Waals surface area contributed by atoms with Gasteiger partial charge in [0.25, 0.3) is 0 Å². The molecule has 0 spiro atoms. The molecule has 2 heterocycles. The number of rotatable bonds is 15. The highest BCUT2D eigenvalue weighted by atomic mass is 16.5. The van der Waals surface area contributed by atoms with E-state index in [1.54, 1.807) is 19.1 Å². The molecule has 40 heavy (non-hydrogen) atoms. The molecule has 2 unspecified atom stereocenters. The molecule has 0 saturated carbocycles. The summed E-state index contributed by atoms with van der Waals surface area (Å²) in [5, 5.41) is 2.55. The lowest BCUT2D eigenvalue weighted by Gasteiger charge is -2.32. The Morgan fingerprint density at radius 2 is 1.45 bits per heavy atom. The second-order valence-corrected chi connectivity index (χ2v) is 10.2. The minimum atomic E-state index is -1.28. The standard InChI is InChI=1S/C28H42N4O8/c1-5-7-13-23(34)39-18(3)17-22(33)31-15-10-12-21(31)28(38)32-16-9-11-20(32)27(37)30-25(26(29)36)19(4)40-24(35)14-8-6-2/h5-6,18-21,25H,1-2,7-17H2,3-4H3,(H2,29,36)(H,30,37)/t18?,19-,20+,21+,25?/m1/s1. The second kappa shape index (κ2) is 15.8. The van der Waals surface area contributed by atoms with Crippen LogP contribution in [0.25, 0.3) is 0 Å². The topological polar surface area (TPSA) is 165 Å². The van der Waals surface area contributed by atoms with Gasteiger partial charge in [0, 0.05) is 25.9 Å². The summed E-state index contributed by atoms with van der Waals surface area (Å²) in [7, 11) is 0. The monoisotopic (exact) mass is 562 g/mol. The van der Waals surface area contributed by atoms with E-state index in [0.717, 1.165) is 0 Å². The van der Waals surface area contributed by atoms with Crippen molar-refractivity contribution in [2.75, 3.05) is 13.1 Å². The maximum Gasteiger partial charge on any atom is 0.306 e. The summed E-state index contributed by atoms with van der Waals surface area (Å²) >= 11 is 0. The van der Waals surface area contributed by atoms with Gasteiger partial charge in [0.15, 0.2) is 0 Å². The largest absolute Gasteiger partial charge is 0.462 e. The van der Waals surface area contributed by atoms with Gasteiger partial charge < -0.3 is 30.3 Å². The number of esters is 2. The van der Waals surface area contributed by atoms with Crippen LogP contribution in [0.4, 0.5) is 0 Å². The number of amides is 4. The van der Waals surface area contributed by atoms with Gasteiger partial charge in [0.1, 0.15) is 30.3 Å². The lowest BCUT2D eigenvalue weighted by atomic mass is 10.1. The number of likely N-dealkylation sites (tertiary alicyclic amines) is 2. The Hall–Kier alpha value is -3.70. The average molecular weight is 563 g/mol. The Bertz CT molecular complexity index is 983. The molecule has 222 valence electrons. The van der Waals surface area contributed by atoms with Crippen LogP contribution in [-0.4, -0.2) is 88.8 Å². The third kappa shape index (κ3) is 9.20. The highest BCUT2D eigenvalue weighted by Crippen LogP contribution is 2.26. The second-order valence-electron chi connectivity index (χ2n) is 10.2. The fourth-order valence-electron chi connectivity index (χ4n) is 4.95. The third-order valence-corrected chi connectivity index (χ3v) is 6.99. The Kier molecular flexibility index (Phi) is 12.8. The Morgan fingerprint density at radius 3 is 2.02 bits per heavy atom. The Labute approximate surface area is 235 Å². The number of hydrogen-bond acceptors (Lipinski definition) is 8. The van der Waals surface area contributed by atoms with E-state index < -0.39 is 54.1 Å². The van der Waals surface area contributed by atoms with Gasteiger partial charge in [0.05, 0.1) is 6.42 Å². The average Bonchev–Trinajstić information content (AvgIpc) is 3.59. The highest BCUT2D eigenvalue weighted by molar-refractivity contribution is 5.95. The minimum Gasteiger partial charge on any atom is -0.462 e. The van der Waals surface area contributed by atoms with Crippen molar-refractivity contribution in [3.8, 4) is 0 Å². The highest BCUT2D eigenvalue weighted by Gasteiger charge is 2.43. The summed E-state index contributed by atoms with van der Waals surface area (Å²) in [5.41, 5.74) is 5.48. The number of nitrogens with two attached hydrogens (primary N) is 1. The fraction of sp³-hybridized carbons (Fsp3) is 0.643. The molecule has 0 radical (unpaired) electrons. The van der Waals surface area contributed by atoms with Gasteiger partial charge >= 0.3 is 11.9 Å². The van der Waals surface area contributed by atoms with Crippen molar-refractivity contribution in [3.63, 3.8) is 0 Å². The van der Waals surface area contributed by atoms with Gasteiger partial charge in [-0.25, -0.2) is 0 Å². The number of nitrogens with zero attached hydrogens (tertiary/aromatic N) is 2. The van der Waals surface area contributed by atoms with E-state index in [1.807, 2.05) is 0 Å². The van der Waals surface area contributed by atoms with Crippen molar-refractivity contribution >= 4 is 35.6 Å². The molecule has 2 aliphatic heterocycles. The number of carbonyl (C=O) groups is 6. The van der Waals surface area contributed by atoms with E-state index in [-0.39, 0.29) is 31.1 Å². The number of carbonyl (C=O) groups excluding carboxylic acids is 6. The van der Waals surface area contributed by atoms with Crippen LogP contribution < -0.4 is 11.1 Å². The Morgan fingerprint density at radius 1 is 0.900 bits per heavy atom. The molecule has 5 atom stereocenters. The molecule has 2 aliphatic rings. The van der Waals surface area contributed by atoms with Crippen LogP contribution in [0.1, 0.15) is 71.6 Å². The smallest absolute Gasteiger partial charge is 0.306 e. The molecular weight excluding hydrogens is 520 g/mol. The molecule has 12 nitrogen and oxygen atoms in total. The zero-order valence-corrected chi connectivity index (χ0v) is 23.5. The summed E-state index contributed by atoms with van der Waals surface area (Å²) in [4.78, 5) is 78.6. The normalized spacial score (nSPS) is 20.6. The molecule has 2 rings (SSSR count). The van der Waals surface area contributed by atoms with Crippen LogP contribution in [0, 0.1) is 0 Å². The van der Waals surface area contributed by atoms with Crippen LogP contribution in [0.5, 0.6) is 0 Å².